The van der Waals surface area contributed by atoms with Crippen LogP contribution in [0.1, 0.15) is 43.0 Å². The van der Waals surface area contributed by atoms with Crippen LogP contribution in [0.2, 0.25) is 0 Å². The van der Waals surface area contributed by atoms with Crippen LogP contribution in [0.5, 0.6) is 0 Å². The van der Waals surface area contributed by atoms with Crippen LogP contribution >= 0.6 is 0 Å². The molecule has 1 aliphatic carbocycles. The molecule has 1 fully saturated rings. The summed E-state index contributed by atoms with van der Waals surface area (Å²) in [4.78, 5) is 33.2. The van der Waals surface area contributed by atoms with Crippen molar-refractivity contribution in [3.05, 3.63) is 71.6 Å². The van der Waals surface area contributed by atoms with Crippen molar-refractivity contribution in [3.8, 4) is 0 Å². The minimum atomic E-state index is -3.33. The number of rotatable bonds is 2. The van der Waals surface area contributed by atoms with Crippen LogP contribution in [0.4, 0.5) is 22.4 Å². The van der Waals surface area contributed by atoms with Gasteiger partial charge >= 0.3 is 6.03 Å². The lowest BCUT2D eigenvalue weighted by Crippen LogP contribution is -2.58. The predicted molar refractivity (Wildman–Crippen MR) is 145 cm³/mol. The van der Waals surface area contributed by atoms with Crippen LogP contribution < -0.4 is 0 Å². The maximum Gasteiger partial charge on any atom is 0.320 e. The highest BCUT2D eigenvalue weighted by atomic mass is 19.3. The van der Waals surface area contributed by atoms with Gasteiger partial charge in [-0.1, -0.05) is 6.07 Å². The molecule has 1 atom stereocenters. The number of amides is 2. The first-order valence-electron chi connectivity index (χ1n) is 13.6. The molecule has 2 amide bonds. The molecule has 3 aliphatic rings. The van der Waals surface area contributed by atoms with Crippen molar-refractivity contribution in [2.24, 2.45) is 0 Å². The standard InChI is InChI=1S/C30H27F4N5O2/c1-29(32)15-30(33,34)17-38(16-29)28(41)37-9-8-36-14-22(21-11-19(31)10-18(13-37)27(21)36)20-5-6-24(40)26(20)23-12-35-25-4-2-3-7-39(23)25/h2-4,7,10-12,14H,5-6,8-9,13,15-17H2,1H3. The smallest absolute Gasteiger partial charge is 0.320 e. The summed E-state index contributed by atoms with van der Waals surface area (Å²) in [7, 11) is 0. The third-order valence-corrected chi connectivity index (χ3v) is 8.28. The number of urea groups is 1. The first-order valence-corrected chi connectivity index (χ1v) is 13.6. The number of alkyl halides is 3. The third kappa shape index (κ3) is 4.29. The number of aromatic nitrogens is 3. The Morgan fingerprint density at radius 3 is 2.68 bits per heavy atom. The monoisotopic (exact) mass is 565 g/mol. The lowest BCUT2D eigenvalue weighted by Gasteiger charge is -2.41. The molecular formula is C30H27F4N5O2. The van der Waals surface area contributed by atoms with E-state index in [2.05, 4.69) is 4.98 Å². The van der Waals surface area contributed by atoms with E-state index in [1.165, 1.54) is 17.0 Å². The Morgan fingerprint density at radius 2 is 1.88 bits per heavy atom. The van der Waals surface area contributed by atoms with Crippen molar-refractivity contribution < 1.29 is 27.2 Å². The van der Waals surface area contributed by atoms with Gasteiger partial charge in [0.05, 0.1) is 30.5 Å². The highest BCUT2D eigenvalue weighted by Gasteiger charge is 2.49. The number of piperidine rings is 1. The molecule has 0 radical (unpaired) electrons. The molecule has 1 unspecified atom stereocenters. The summed E-state index contributed by atoms with van der Waals surface area (Å²) in [5, 5.41) is 0.617. The second-order valence-corrected chi connectivity index (χ2v) is 11.6. The normalized spacial score (nSPS) is 22.7. The van der Waals surface area contributed by atoms with Gasteiger partial charge in [-0.2, -0.15) is 0 Å². The number of Topliss-reactive ketones (excluding diaryl/α,β-unsaturated/α-hetero) is 1. The molecular weight excluding hydrogens is 538 g/mol. The van der Waals surface area contributed by atoms with E-state index in [-0.39, 0.29) is 18.9 Å². The summed E-state index contributed by atoms with van der Waals surface area (Å²) in [6, 6.07) is 7.67. The minimum absolute atomic E-state index is 0.00904. The Balaban J connectivity index is 1.29. The second-order valence-electron chi connectivity index (χ2n) is 11.6. The highest BCUT2D eigenvalue weighted by molar-refractivity contribution is 6.31. The number of halogens is 4. The van der Waals surface area contributed by atoms with Gasteiger partial charge in [-0.3, -0.25) is 9.20 Å². The van der Waals surface area contributed by atoms with E-state index < -0.39 is 42.9 Å². The molecule has 0 saturated carbocycles. The fourth-order valence-electron chi connectivity index (χ4n) is 6.76. The number of benzene rings is 1. The Kier molecular flexibility index (Phi) is 5.61. The fraction of sp³-hybridized carbons (Fsp3) is 0.367. The molecule has 7 rings (SSSR count). The molecule has 4 aromatic rings. The number of carbonyl (C=O) groups is 2. The zero-order chi connectivity index (χ0) is 28.7. The van der Waals surface area contributed by atoms with Gasteiger partial charge in [-0.05, 0) is 48.7 Å². The molecule has 5 heterocycles. The summed E-state index contributed by atoms with van der Waals surface area (Å²) >= 11 is 0. The number of fused-ring (bicyclic) bond motifs is 1. The van der Waals surface area contributed by atoms with Gasteiger partial charge in [0.2, 0.25) is 0 Å². The summed E-state index contributed by atoms with van der Waals surface area (Å²) in [5.41, 5.74) is 2.54. The Hall–Kier alpha value is -4.15. The molecule has 212 valence electrons. The molecule has 0 N–H and O–H groups in total. The SMILES string of the molecule is CC1(F)CN(C(=O)N2CCn3cc(C4=C(c5cnc6ccccn56)C(=O)CC4)c4cc(F)cc(c43)C2)CC(F)(F)C1. The number of nitrogens with zero attached hydrogens (tertiary/aromatic N) is 5. The lowest BCUT2D eigenvalue weighted by molar-refractivity contribution is -0.113. The molecule has 0 bridgehead atoms. The predicted octanol–water partition coefficient (Wildman–Crippen LogP) is 5.71. The highest BCUT2D eigenvalue weighted by Crippen LogP contribution is 2.43. The van der Waals surface area contributed by atoms with Gasteiger partial charge in [0.25, 0.3) is 5.92 Å². The van der Waals surface area contributed by atoms with Gasteiger partial charge in [0.1, 0.15) is 17.1 Å². The van der Waals surface area contributed by atoms with E-state index in [4.69, 9.17) is 0 Å². The van der Waals surface area contributed by atoms with Crippen molar-refractivity contribution in [2.45, 2.75) is 50.9 Å². The number of pyridine rings is 1. The number of carbonyl (C=O) groups excluding carboxylic acids is 2. The number of imidazole rings is 1. The maximum atomic E-state index is 15.1. The number of allylic oxidation sites excluding steroid dienone is 2. The maximum absolute atomic E-state index is 15.1. The van der Waals surface area contributed by atoms with Crippen molar-refractivity contribution >= 4 is 39.5 Å². The Bertz CT molecular complexity index is 1770. The molecule has 3 aromatic heterocycles. The molecule has 2 aliphatic heterocycles. The van der Waals surface area contributed by atoms with E-state index in [1.807, 2.05) is 39.6 Å². The summed E-state index contributed by atoms with van der Waals surface area (Å²) < 4.78 is 62.1. The second kappa shape index (κ2) is 8.92. The van der Waals surface area contributed by atoms with Gasteiger partial charge in [-0.25, -0.2) is 27.3 Å². The van der Waals surface area contributed by atoms with E-state index in [0.29, 0.717) is 47.3 Å². The Morgan fingerprint density at radius 1 is 1.05 bits per heavy atom. The third-order valence-electron chi connectivity index (χ3n) is 8.28. The van der Waals surface area contributed by atoms with E-state index in [0.717, 1.165) is 28.5 Å². The topological polar surface area (TPSA) is 62.9 Å². The first-order chi connectivity index (χ1) is 19.5. The molecule has 0 spiro atoms. The van der Waals surface area contributed by atoms with E-state index in [1.54, 1.807) is 6.20 Å². The quantitative estimate of drug-likeness (QED) is 0.293. The summed E-state index contributed by atoms with van der Waals surface area (Å²) in [6.45, 7) is 0.271. The van der Waals surface area contributed by atoms with Crippen LogP contribution in [0, 0.1) is 5.82 Å². The van der Waals surface area contributed by atoms with Gasteiger partial charge in [0.15, 0.2) is 5.78 Å². The number of ketones is 1. The molecule has 7 nitrogen and oxygen atoms in total. The van der Waals surface area contributed by atoms with Gasteiger partial charge < -0.3 is 14.4 Å². The molecule has 1 aromatic carbocycles. The largest absolute Gasteiger partial charge is 0.345 e. The van der Waals surface area contributed by atoms with Crippen LogP contribution in [-0.4, -0.2) is 66.8 Å². The van der Waals surface area contributed by atoms with Crippen molar-refractivity contribution in [1.82, 2.24) is 23.8 Å². The van der Waals surface area contributed by atoms with Crippen molar-refractivity contribution in [3.63, 3.8) is 0 Å². The van der Waals surface area contributed by atoms with E-state index >= 15 is 4.39 Å². The average Bonchev–Trinajstić information content (AvgIpc) is 3.55. The van der Waals surface area contributed by atoms with Crippen LogP contribution in [0.15, 0.2) is 48.9 Å². The fourth-order valence-corrected chi connectivity index (χ4v) is 6.76. The molecule has 41 heavy (non-hydrogen) atoms. The molecule has 1 saturated heterocycles. The zero-order valence-corrected chi connectivity index (χ0v) is 22.3. The average molecular weight is 566 g/mol. The Labute approximate surface area is 232 Å². The summed E-state index contributed by atoms with van der Waals surface area (Å²) in [6.07, 6.45) is 5.30. The number of hydrogen-bond donors (Lipinski definition) is 0. The van der Waals surface area contributed by atoms with Crippen LogP contribution in [0.3, 0.4) is 0 Å². The van der Waals surface area contributed by atoms with E-state index in [9.17, 15) is 22.8 Å². The number of hydrogen-bond acceptors (Lipinski definition) is 3. The summed E-state index contributed by atoms with van der Waals surface area (Å²) in [5.74, 6) is -3.85. The van der Waals surface area contributed by atoms with Crippen LogP contribution in [-0.2, 0) is 17.9 Å². The minimum Gasteiger partial charge on any atom is -0.345 e. The van der Waals surface area contributed by atoms with Crippen molar-refractivity contribution in [1.29, 1.82) is 0 Å². The van der Waals surface area contributed by atoms with Crippen LogP contribution in [0.25, 0.3) is 27.7 Å². The lowest BCUT2D eigenvalue weighted by atomic mass is 9.94. The van der Waals surface area contributed by atoms with Crippen molar-refractivity contribution in [2.75, 3.05) is 19.6 Å². The first kappa shape index (κ1) is 25.8. The number of likely N-dealkylation sites (tertiary alicyclic amines) is 1. The van der Waals surface area contributed by atoms with Gasteiger partial charge in [-0.15, -0.1) is 0 Å². The zero-order valence-electron chi connectivity index (χ0n) is 22.3. The molecule has 11 heteroatoms. The van der Waals surface area contributed by atoms with Gasteiger partial charge in [0, 0.05) is 61.4 Å².